The molecule has 0 bridgehead atoms. The fourth-order valence-electron chi connectivity index (χ4n) is 3.79. The van der Waals surface area contributed by atoms with Crippen LogP contribution in [-0.4, -0.2) is 29.2 Å². The molecule has 2 aromatic heterocycles. The molecule has 4 aromatic rings. The minimum Gasteiger partial charge on any atom is -0.467 e. The van der Waals surface area contributed by atoms with Crippen LogP contribution >= 0.6 is 22.9 Å². The number of furan rings is 1. The second kappa shape index (κ2) is 12.4. The molecule has 2 N–H and O–H groups in total. The number of hydrogen-bond acceptors (Lipinski definition) is 5. The van der Waals surface area contributed by atoms with Gasteiger partial charge in [0, 0.05) is 11.6 Å². The average Bonchev–Trinajstić information content (AvgIpc) is 3.62. The maximum atomic E-state index is 13.6. The zero-order valence-electron chi connectivity index (χ0n) is 20.1. The van der Waals surface area contributed by atoms with Crippen molar-refractivity contribution in [1.82, 2.24) is 15.5 Å². The SMILES string of the molecule is Cc1ccc([C@H](C(=O)NCc2ccco2)N(Cc2ccccc2Cl)C(=O)CNC(=O)c2cccs2)cc1. The van der Waals surface area contributed by atoms with Crippen molar-refractivity contribution in [2.24, 2.45) is 0 Å². The molecule has 1 atom stereocenters. The highest BCUT2D eigenvalue weighted by Crippen LogP contribution is 2.27. The first-order valence-electron chi connectivity index (χ1n) is 11.6. The molecular weight excluding hydrogens is 510 g/mol. The molecule has 0 unspecified atom stereocenters. The van der Waals surface area contributed by atoms with Crippen LogP contribution < -0.4 is 10.6 Å². The number of carbonyl (C=O) groups excluding carboxylic acids is 3. The van der Waals surface area contributed by atoms with Crippen LogP contribution in [0.1, 0.15) is 38.2 Å². The van der Waals surface area contributed by atoms with Crippen molar-refractivity contribution in [2.45, 2.75) is 26.1 Å². The van der Waals surface area contributed by atoms with E-state index in [2.05, 4.69) is 10.6 Å². The lowest BCUT2D eigenvalue weighted by Gasteiger charge is -2.32. The molecule has 2 heterocycles. The lowest BCUT2D eigenvalue weighted by atomic mass is 10.0. The molecule has 0 saturated heterocycles. The summed E-state index contributed by atoms with van der Waals surface area (Å²) in [5.74, 6) is -0.577. The summed E-state index contributed by atoms with van der Waals surface area (Å²) in [5.41, 5.74) is 2.33. The summed E-state index contributed by atoms with van der Waals surface area (Å²) >= 11 is 7.71. The number of thiophene rings is 1. The number of nitrogens with zero attached hydrogens (tertiary/aromatic N) is 1. The summed E-state index contributed by atoms with van der Waals surface area (Å²) in [6.07, 6.45) is 1.53. The molecule has 9 heteroatoms. The number of rotatable bonds is 10. The van der Waals surface area contributed by atoms with Gasteiger partial charge < -0.3 is 20.0 Å². The zero-order valence-corrected chi connectivity index (χ0v) is 21.7. The number of nitrogens with one attached hydrogen (secondary N) is 2. The van der Waals surface area contributed by atoms with Gasteiger partial charge in [0.1, 0.15) is 11.8 Å². The van der Waals surface area contributed by atoms with Crippen molar-refractivity contribution in [3.05, 3.63) is 117 Å². The number of benzene rings is 2. The topological polar surface area (TPSA) is 91.7 Å². The Morgan fingerprint density at radius 1 is 0.973 bits per heavy atom. The van der Waals surface area contributed by atoms with E-state index in [1.807, 2.05) is 37.3 Å². The van der Waals surface area contributed by atoms with E-state index >= 15 is 0 Å². The normalized spacial score (nSPS) is 11.5. The fourth-order valence-corrected chi connectivity index (χ4v) is 4.63. The standard InChI is InChI=1S/C28H26ClN3O4S/c1-19-10-12-20(13-11-19)26(28(35)30-16-22-7-4-14-36-22)32(18-21-6-2-3-8-23(21)29)25(33)17-31-27(34)24-9-5-15-37-24/h2-15,26H,16-18H2,1H3,(H,30,35)(H,31,34)/t26-/m1/s1. The monoisotopic (exact) mass is 535 g/mol. The number of carbonyl (C=O) groups is 3. The van der Waals surface area contributed by atoms with E-state index in [4.69, 9.17) is 16.0 Å². The molecule has 7 nitrogen and oxygen atoms in total. The number of hydrogen-bond donors (Lipinski definition) is 2. The van der Waals surface area contributed by atoms with Crippen LogP contribution in [0.25, 0.3) is 0 Å². The molecule has 0 aliphatic rings. The Hall–Kier alpha value is -3.88. The molecule has 0 radical (unpaired) electrons. The highest BCUT2D eigenvalue weighted by molar-refractivity contribution is 7.12. The first-order chi connectivity index (χ1) is 17.9. The van der Waals surface area contributed by atoms with Crippen LogP contribution in [-0.2, 0) is 22.7 Å². The van der Waals surface area contributed by atoms with Gasteiger partial charge >= 0.3 is 0 Å². The summed E-state index contributed by atoms with van der Waals surface area (Å²) in [6, 6.07) is 20.5. The second-order valence-electron chi connectivity index (χ2n) is 8.38. The Kier molecular flexibility index (Phi) is 8.77. The van der Waals surface area contributed by atoms with Gasteiger partial charge in [0.25, 0.3) is 5.91 Å². The van der Waals surface area contributed by atoms with Gasteiger partial charge in [0.05, 0.1) is 24.2 Å². The Balaban J connectivity index is 1.65. The average molecular weight is 536 g/mol. The molecule has 0 spiro atoms. The van der Waals surface area contributed by atoms with E-state index < -0.39 is 11.9 Å². The van der Waals surface area contributed by atoms with E-state index in [9.17, 15) is 14.4 Å². The lowest BCUT2D eigenvalue weighted by Crippen LogP contribution is -2.46. The summed E-state index contributed by atoms with van der Waals surface area (Å²) in [4.78, 5) is 41.7. The highest BCUT2D eigenvalue weighted by atomic mass is 35.5. The largest absolute Gasteiger partial charge is 0.467 e. The maximum absolute atomic E-state index is 13.6. The molecule has 0 aliphatic heterocycles. The highest BCUT2D eigenvalue weighted by Gasteiger charge is 2.32. The predicted molar refractivity (Wildman–Crippen MR) is 143 cm³/mol. The molecule has 2 aromatic carbocycles. The Bertz CT molecular complexity index is 1340. The molecule has 4 rings (SSSR count). The lowest BCUT2D eigenvalue weighted by molar-refractivity contribution is -0.141. The second-order valence-corrected chi connectivity index (χ2v) is 9.74. The van der Waals surface area contributed by atoms with Crippen molar-refractivity contribution in [2.75, 3.05) is 6.54 Å². The van der Waals surface area contributed by atoms with E-state index in [0.717, 1.165) is 5.56 Å². The molecule has 0 aliphatic carbocycles. The Labute approximate surface area is 224 Å². The van der Waals surface area contributed by atoms with Crippen molar-refractivity contribution in [3.8, 4) is 0 Å². The minimum atomic E-state index is -0.974. The first-order valence-corrected chi connectivity index (χ1v) is 12.9. The van der Waals surface area contributed by atoms with Crippen molar-refractivity contribution in [3.63, 3.8) is 0 Å². The fraction of sp³-hybridized carbons (Fsp3) is 0.179. The van der Waals surface area contributed by atoms with Gasteiger partial charge in [-0.05, 0) is 47.7 Å². The van der Waals surface area contributed by atoms with E-state index in [1.54, 1.807) is 47.8 Å². The van der Waals surface area contributed by atoms with Crippen LogP contribution in [0.3, 0.4) is 0 Å². The molecule has 0 saturated carbocycles. The van der Waals surface area contributed by atoms with Crippen LogP contribution in [0.15, 0.2) is 88.9 Å². The van der Waals surface area contributed by atoms with Crippen molar-refractivity contribution in [1.29, 1.82) is 0 Å². The maximum Gasteiger partial charge on any atom is 0.261 e. The quantitative estimate of drug-likeness (QED) is 0.295. The van der Waals surface area contributed by atoms with E-state index in [0.29, 0.717) is 26.8 Å². The summed E-state index contributed by atoms with van der Waals surface area (Å²) in [5, 5.41) is 7.81. The predicted octanol–water partition coefficient (Wildman–Crippen LogP) is 5.12. The summed E-state index contributed by atoms with van der Waals surface area (Å²) in [7, 11) is 0. The van der Waals surface area contributed by atoms with Crippen LogP contribution in [0, 0.1) is 6.92 Å². The van der Waals surface area contributed by atoms with Gasteiger partial charge in [-0.3, -0.25) is 14.4 Å². The number of aryl methyl sites for hydroxylation is 1. The molecule has 190 valence electrons. The minimum absolute atomic E-state index is 0.0695. The van der Waals surface area contributed by atoms with Crippen LogP contribution in [0.4, 0.5) is 0 Å². The van der Waals surface area contributed by atoms with Gasteiger partial charge in [-0.1, -0.05) is 65.7 Å². The summed E-state index contributed by atoms with van der Waals surface area (Å²) in [6.45, 7) is 1.90. The molecule has 3 amide bonds. The number of halogens is 1. The third-order valence-corrected chi connectivity index (χ3v) is 6.97. The Morgan fingerprint density at radius 2 is 1.76 bits per heavy atom. The summed E-state index contributed by atoms with van der Waals surface area (Å²) < 4.78 is 5.35. The van der Waals surface area contributed by atoms with Gasteiger partial charge in [-0.25, -0.2) is 0 Å². The van der Waals surface area contributed by atoms with Gasteiger partial charge in [-0.15, -0.1) is 11.3 Å². The van der Waals surface area contributed by atoms with Crippen molar-refractivity contribution < 1.29 is 18.8 Å². The van der Waals surface area contributed by atoms with Crippen molar-refractivity contribution >= 4 is 40.7 Å². The third-order valence-electron chi connectivity index (χ3n) is 5.73. The van der Waals surface area contributed by atoms with Crippen LogP contribution in [0.5, 0.6) is 0 Å². The van der Waals surface area contributed by atoms with Crippen LogP contribution in [0.2, 0.25) is 5.02 Å². The third kappa shape index (κ3) is 6.87. The number of amides is 3. The van der Waals surface area contributed by atoms with E-state index in [-0.39, 0.29) is 31.4 Å². The van der Waals surface area contributed by atoms with Gasteiger partial charge in [-0.2, -0.15) is 0 Å². The van der Waals surface area contributed by atoms with Gasteiger partial charge in [0.2, 0.25) is 11.8 Å². The molecular formula is C28H26ClN3O4S. The smallest absolute Gasteiger partial charge is 0.261 e. The Morgan fingerprint density at radius 3 is 2.43 bits per heavy atom. The molecule has 0 fully saturated rings. The molecule has 37 heavy (non-hydrogen) atoms. The van der Waals surface area contributed by atoms with E-state index in [1.165, 1.54) is 22.5 Å². The van der Waals surface area contributed by atoms with Gasteiger partial charge in [0.15, 0.2) is 0 Å². The zero-order chi connectivity index (χ0) is 26.2. The first kappa shape index (κ1) is 26.2.